The molecule has 202 valence electrons. The van der Waals surface area contributed by atoms with Crippen LogP contribution in [0, 0.1) is 0 Å². The van der Waals surface area contributed by atoms with Gasteiger partial charge in [-0.15, -0.1) is 0 Å². The highest BCUT2D eigenvalue weighted by Crippen LogP contribution is 2.30. The summed E-state index contributed by atoms with van der Waals surface area (Å²) in [6.07, 6.45) is 2.25. The molecule has 1 aromatic heterocycles. The second-order valence-corrected chi connectivity index (χ2v) is 11.3. The van der Waals surface area contributed by atoms with Gasteiger partial charge in [0.2, 0.25) is 10.0 Å². The Bertz CT molecular complexity index is 1720. The molecule has 0 aliphatic heterocycles. The predicted molar refractivity (Wildman–Crippen MR) is 157 cm³/mol. The van der Waals surface area contributed by atoms with Crippen molar-refractivity contribution in [2.75, 3.05) is 26.8 Å². The van der Waals surface area contributed by atoms with Crippen molar-refractivity contribution in [3.8, 4) is 0 Å². The van der Waals surface area contributed by atoms with Crippen LogP contribution in [0.25, 0.3) is 32.6 Å². The minimum absolute atomic E-state index is 0.109. The first kappa shape index (κ1) is 26.9. The van der Waals surface area contributed by atoms with Crippen molar-refractivity contribution in [1.82, 2.24) is 14.6 Å². The summed E-state index contributed by atoms with van der Waals surface area (Å²) in [4.78, 5) is 13.2. The van der Waals surface area contributed by atoms with E-state index in [4.69, 9.17) is 4.74 Å². The third kappa shape index (κ3) is 5.83. The predicted octanol–water partition coefficient (Wildman–Crippen LogP) is 5.47. The number of amides is 1. The van der Waals surface area contributed by atoms with Crippen molar-refractivity contribution < 1.29 is 17.9 Å². The summed E-state index contributed by atoms with van der Waals surface area (Å²) in [5, 5.41) is 6.78. The largest absolute Gasteiger partial charge is 0.383 e. The quantitative estimate of drug-likeness (QED) is 0.204. The number of rotatable bonds is 12. The van der Waals surface area contributed by atoms with Crippen molar-refractivity contribution in [3.05, 3.63) is 90.5 Å². The van der Waals surface area contributed by atoms with E-state index >= 15 is 0 Å². The number of nitrogens with one attached hydrogen (secondary N) is 2. The van der Waals surface area contributed by atoms with Gasteiger partial charge in [0.15, 0.2) is 0 Å². The van der Waals surface area contributed by atoms with E-state index in [-0.39, 0.29) is 5.91 Å². The Hall–Kier alpha value is -3.72. The molecule has 0 atom stereocenters. The van der Waals surface area contributed by atoms with Crippen LogP contribution in [0.1, 0.15) is 29.6 Å². The van der Waals surface area contributed by atoms with Crippen molar-refractivity contribution in [2.24, 2.45) is 0 Å². The lowest BCUT2D eigenvalue weighted by Crippen LogP contribution is -2.26. The maximum atomic E-state index is 12.9. The Morgan fingerprint density at radius 2 is 1.51 bits per heavy atom. The van der Waals surface area contributed by atoms with Crippen LogP contribution in [0.4, 0.5) is 0 Å². The highest BCUT2D eigenvalue weighted by molar-refractivity contribution is 7.89. The average Bonchev–Trinajstić information content (AvgIpc) is 3.27. The number of para-hydroxylation sites is 1. The van der Waals surface area contributed by atoms with Crippen LogP contribution in [0.3, 0.4) is 0 Å². The number of sulfonamides is 1. The van der Waals surface area contributed by atoms with E-state index in [9.17, 15) is 13.2 Å². The van der Waals surface area contributed by atoms with Gasteiger partial charge < -0.3 is 14.6 Å². The molecule has 2 N–H and O–H groups in total. The topological polar surface area (TPSA) is 89.4 Å². The number of carbonyl (C=O) groups excluding carboxylic acids is 1. The molecule has 0 spiro atoms. The van der Waals surface area contributed by atoms with E-state index in [1.54, 1.807) is 19.2 Å². The Morgan fingerprint density at radius 3 is 2.36 bits per heavy atom. The molecule has 7 nitrogen and oxygen atoms in total. The van der Waals surface area contributed by atoms with Gasteiger partial charge in [0.05, 0.1) is 11.5 Å². The van der Waals surface area contributed by atoms with Crippen LogP contribution in [-0.2, 0) is 21.3 Å². The van der Waals surface area contributed by atoms with Crippen LogP contribution in [0.5, 0.6) is 0 Å². The highest BCUT2D eigenvalue weighted by atomic mass is 32.2. The van der Waals surface area contributed by atoms with E-state index in [1.807, 2.05) is 60.7 Å². The molecule has 0 aliphatic carbocycles. The lowest BCUT2D eigenvalue weighted by molar-refractivity contribution is 0.0953. The fourth-order valence-electron chi connectivity index (χ4n) is 5.06. The van der Waals surface area contributed by atoms with Crippen molar-refractivity contribution >= 4 is 48.5 Å². The molecule has 0 saturated carbocycles. The van der Waals surface area contributed by atoms with Gasteiger partial charge in [0, 0.05) is 59.5 Å². The van der Waals surface area contributed by atoms with Crippen LogP contribution in [-0.4, -0.2) is 45.7 Å². The number of hydrogen-bond donors (Lipinski definition) is 2. The summed E-state index contributed by atoms with van der Waals surface area (Å²) in [6.45, 7) is 2.23. The standard InChI is InChI=1S/C31H33N3O4S/c1-38-21-20-34-28-14-6-5-13-26(28)27-22-24(16-17-29(27)34)31(35)32-18-7-2-8-19-33-39(36,37)30-15-9-11-23-10-3-4-12-25(23)30/h3-6,9-17,22,33H,2,7-8,18-21H2,1H3,(H,32,35). The molecule has 1 amide bonds. The molecular weight excluding hydrogens is 510 g/mol. The molecule has 5 aromatic rings. The van der Waals surface area contributed by atoms with Crippen molar-refractivity contribution in [3.63, 3.8) is 0 Å². The van der Waals surface area contributed by atoms with Gasteiger partial charge >= 0.3 is 0 Å². The summed E-state index contributed by atoms with van der Waals surface area (Å²) in [5.41, 5.74) is 2.83. The first-order valence-corrected chi connectivity index (χ1v) is 14.7. The number of unbranched alkanes of at least 4 members (excludes halogenated alkanes) is 2. The second kappa shape index (κ2) is 12.0. The SMILES string of the molecule is COCCn1c2ccccc2c2cc(C(=O)NCCCCCNS(=O)(=O)c3cccc4ccccc34)ccc21. The molecule has 0 aliphatic rings. The third-order valence-corrected chi connectivity index (χ3v) is 8.54. The molecule has 39 heavy (non-hydrogen) atoms. The van der Waals surface area contributed by atoms with Gasteiger partial charge in [-0.1, -0.05) is 61.0 Å². The van der Waals surface area contributed by atoms with E-state index in [1.165, 1.54) is 0 Å². The molecule has 0 unspecified atom stereocenters. The maximum Gasteiger partial charge on any atom is 0.251 e. The number of methoxy groups -OCH3 is 1. The van der Waals surface area contributed by atoms with Crippen LogP contribution < -0.4 is 10.0 Å². The van der Waals surface area contributed by atoms with E-state index in [0.29, 0.717) is 42.0 Å². The lowest BCUT2D eigenvalue weighted by atomic mass is 10.1. The van der Waals surface area contributed by atoms with Crippen LogP contribution in [0.2, 0.25) is 0 Å². The van der Waals surface area contributed by atoms with Crippen molar-refractivity contribution in [2.45, 2.75) is 30.7 Å². The fraction of sp³-hybridized carbons (Fsp3) is 0.258. The van der Waals surface area contributed by atoms with E-state index in [2.05, 4.69) is 26.7 Å². The van der Waals surface area contributed by atoms with E-state index in [0.717, 1.165) is 46.6 Å². The van der Waals surface area contributed by atoms with E-state index < -0.39 is 10.0 Å². The third-order valence-electron chi connectivity index (χ3n) is 7.02. The first-order valence-electron chi connectivity index (χ1n) is 13.2. The monoisotopic (exact) mass is 543 g/mol. The molecule has 0 fully saturated rings. The van der Waals surface area contributed by atoms with Gasteiger partial charge in [-0.05, 0) is 48.6 Å². The van der Waals surface area contributed by atoms with Gasteiger partial charge in [-0.3, -0.25) is 4.79 Å². The smallest absolute Gasteiger partial charge is 0.251 e. The number of nitrogens with zero attached hydrogens (tertiary/aromatic N) is 1. The minimum atomic E-state index is -3.59. The lowest BCUT2D eigenvalue weighted by Gasteiger charge is -2.10. The summed E-state index contributed by atoms with van der Waals surface area (Å²) >= 11 is 0. The molecule has 0 bridgehead atoms. The molecule has 0 saturated heterocycles. The Balaban J connectivity index is 1.13. The molecule has 0 radical (unpaired) electrons. The van der Waals surface area contributed by atoms with Gasteiger partial charge in [-0.25, -0.2) is 13.1 Å². The Morgan fingerprint density at radius 1 is 0.795 bits per heavy atom. The molecule has 4 aromatic carbocycles. The zero-order valence-electron chi connectivity index (χ0n) is 22.0. The highest BCUT2D eigenvalue weighted by Gasteiger charge is 2.16. The number of hydrogen-bond acceptors (Lipinski definition) is 4. The number of ether oxygens (including phenoxy) is 1. The van der Waals surface area contributed by atoms with Gasteiger partial charge in [-0.2, -0.15) is 0 Å². The molecule has 8 heteroatoms. The first-order chi connectivity index (χ1) is 19.0. The Kier molecular flexibility index (Phi) is 8.26. The van der Waals surface area contributed by atoms with Crippen LogP contribution >= 0.6 is 0 Å². The number of benzene rings is 4. The number of fused-ring (bicyclic) bond motifs is 4. The number of carbonyl (C=O) groups is 1. The molecule has 1 heterocycles. The summed E-state index contributed by atoms with van der Waals surface area (Å²) < 4.78 is 35.9. The van der Waals surface area contributed by atoms with Gasteiger partial charge in [0.25, 0.3) is 5.91 Å². The maximum absolute atomic E-state index is 12.9. The zero-order chi connectivity index (χ0) is 27.2. The average molecular weight is 544 g/mol. The summed E-state index contributed by atoms with van der Waals surface area (Å²) in [7, 11) is -1.90. The molecular formula is C31H33N3O4S. The normalized spacial score (nSPS) is 11.9. The fourth-order valence-corrected chi connectivity index (χ4v) is 6.37. The minimum Gasteiger partial charge on any atom is -0.383 e. The van der Waals surface area contributed by atoms with Crippen LogP contribution in [0.15, 0.2) is 89.8 Å². The Labute approximate surface area is 228 Å². The number of aromatic nitrogens is 1. The second-order valence-electron chi connectivity index (χ2n) is 9.59. The molecule has 5 rings (SSSR count). The van der Waals surface area contributed by atoms with Gasteiger partial charge in [0.1, 0.15) is 0 Å². The van der Waals surface area contributed by atoms with Crippen molar-refractivity contribution in [1.29, 1.82) is 0 Å². The summed E-state index contributed by atoms with van der Waals surface area (Å²) in [6, 6.07) is 26.8. The summed E-state index contributed by atoms with van der Waals surface area (Å²) in [5.74, 6) is -0.109. The zero-order valence-corrected chi connectivity index (χ0v) is 22.8.